The molecule has 2 aromatic carbocycles. The average molecular weight is 567 g/mol. The summed E-state index contributed by atoms with van der Waals surface area (Å²) in [6.07, 6.45) is 1.54. The molecule has 0 saturated carbocycles. The lowest BCUT2D eigenvalue weighted by Gasteiger charge is -2.24. The van der Waals surface area contributed by atoms with Gasteiger partial charge in [-0.3, -0.25) is 9.36 Å². The van der Waals surface area contributed by atoms with E-state index in [9.17, 15) is 23.9 Å². The SMILES string of the molecule is CCOC(=O)C1=C(C)N=c2s/c(=C\c3ccc(-c4cc(C(=O)O)ccc4Cl)o3)c(=O)n2[C@H]1c1ccc(F)cc1. The molecule has 1 atom stereocenters. The van der Waals surface area contributed by atoms with E-state index < -0.39 is 29.4 Å². The number of furan rings is 1. The van der Waals surface area contributed by atoms with Crippen LogP contribution in [0, 0.1) is 5.82 Å². The highest BCUT2D eigenvalue weighted by Crippen LogP contribution is 2.32. The van der Waals surface area contributed by atoms with Gasteiger partial charge in [0.2, 0.25) is 0 Å². The maximum absolute atomic E-state index is 13.7. The van der Waals surface area contributed by atoms with Crippen molar-refractivity contribution in [1.29, 1.82) is 0 Å². The lowest BCUT2D eigenvalue weighted by atomic mass is 9.96. The van der Waals surface area contributed by atoms with Crippen molar-refractivity contribution < 1.29 is 28.2 Å². The number of rotatable bonds is 6. The molecule has 1 N–H and O–H groups in total. The minimum atomic E-state index is -1.10. The van der Waals surface area contributed by atoms with Crippen LogP contribution in [0.25, 0.3) is 17.4 Å². The Morgan fingerprint density at radius 3 is 2.64 bits per heavy atom. The van der Waals surface area contributed by atoms with Crippen LogP contribution < -0.4 is 14.9 Å². The normalized spacial score (nSPS) is 15.2. The smallest absolute Gasteiger partial charge is 0.338 e. The first-order chi connectivity index (χ1) is 18.7. The number of halogens is 2. The predicted molar refractivity (Wildman–Crippen MR) is 143 cm³/mol. The van der Waals surface area contributed by atoms with Gasteiger partial charge < -0.3 is 14.3 Å². The van der Waals surface area contributed by atoms with Crippen molar-refractivity contribution in [1.82, 2.24) is 4.57 Å². The van der Waals surface area contributed by atoms with E-state index in [1.807, 2.05) is 0 Å². The molecule has 8 nitrogen and oxygen atoms in total. The van der Waals surface area contributed by atoms with Crippen LogP contribution in [0.1, 0.15) is 41.6 Å². The minimum absolute atomic E-state index is 0.0502. The van der Waals surface area contributed by atoms with Crippen LogP contribution in [-0.4, -0.2) is 28.2 Å². The summed E-state index contributed by atoms with van der Waals surface area (Å²) in [6.45, 7) is 3.47. The Bertz CT molecular complexity index is 1830. The molecule has 0 spiro atoms. The van der Waals surface area contributed by atoms with E-state index >= 15 is 0 Å². The number of hydrogen-bond acceptors (Lipinski definition) is 7. The molecule has 0 fully saturated rings. The van der Waals surface area contributed by atoms with E-state index in [2.05, 4.69) is 4.99 Å². The van der Waals surface area contributed by atoms with Crippen molar-refractivity contribution in [2.45, 2.75) is 19.9 Å². The molecular formula is C28H20ClFN2O6S. The average Bonchev–Trinajstić information content (AvgIpc) is 3.48. The van der Waals surface area contributed by atoms with E-state index in [1.165, 1.54) is 53.1 Å². The first kappa shape index (κ1) is 26.3. The van der Waals surface area contributed by atoms with Crippen LogP contribution >= 0.6 is 22.9 Å². The van der Waals surface area contributed by atoms with Crippen LogP contribution in [0.4, 0.5) is 4.39 Å². The van der Waals surface area contributed by atoms with Gasteiger partial charge in [-0.2, -0.15) is 0 Å². The number of carboxylic acid groups (broad SMARTS) is 1. The Hall–Kier alpha value is -4.28. The molecule has 0 bridgehead atoms. The minimum Gasteiger partial charge on any atom is -0.478 e. The lowest BCUT2D eigenvalue weighted by Crippen LogP contribution is -2.39. The number of aromatic nitrogens is 1. The summed E-state index contributed by atoms with van der Waals surface area (Å²) in [7, 11) is 0. The quantitative estimate of drug-likeness (QED) is 0.343. The molecule has 3 heterocycles. The number of aromatic carboxylic acids is 1. The largest absolute Gasteiger partial charge is 0.478 e. The first-order valence-corrected chi connectivity index (χ1v) is 13.0. The van der Waals surface area contributed by atoms with Crippen molar-refractivity contribution in [2.24, 2.45) is 4.99 Å². The van der Waals surface area contributed by atoms with Crippen LogP contribution in [0.15, 0.2) is 80.1 Å². The van der Waals surface area contributed by atoms with Gasteiger partial charge in [-0.25, -0.2) is 19.0 Å². The van der Waals surface area contributed by atoms with Gasteiger partial charge in [0.15, 0.2) is 4.80 Å². The number of allylic oxidation sites excluding steroid dienone is 1. The number of carbonyl (C=O) groups is 2. The van der Waals surface area contributed by atoms with Crippen LogP contribution in [0.5, 0.6) is 0 Å². The number of ether oxygens (including phenoxy) is 1. The van der Waals surface area contributed by atoms with Gasteiger partial charge in [0, 0.05) is 11.6 Å². The highest BCUT2D eigenvalue weighted by Gasteiger charge is 2.33. The number of nitrogens with zero attached hydrogens (tertiary/aromatic N) is 2. The van der Waals surface area contributed by atoms with Crippen molar-refractivity contribution >= 4 is 41.0 Å². The number of hydrogen-bond donors (Lipinski definition) is 1. The third kappa shape index (κ3) is 4.96. The molecule has 0 aliphatic carbocycles. The summed E-state index contributed by atoms with van der Waals surface area (Å²) in [6, 6.07) is 12.2. The molecule has 11 heteroatoms. The van der Waals surface area contributed by atoms with E-state index in [1.54, 1.807) is 26.0 Å². The second-order valence-corrected chi connectivity index (χ2v) is 9.97. The topological polar surface area (TPSA) is 111 Å². The number of thiazole rings is 1. The zero-order valence-corrected chi connectivity index (χ0v) is 22.2. The van der Waals surface area contributed by atoms with E-state index in [4.69, 9.17) is 20.8 Å². The Morgan fingerprint density at radius 2 is 1.95 bits per heavy atom. The molecule has 1 aliphatic heterocycles. The monoisotopic (exact) mass is 566 g/mol. The molecule has 0 unspecified atom stereocenters. The molecule has 0 amide bonds. The van der Waals surface area contributed by atoms with Crippen LogP contribution in [-0.2, 0) is 9.53 Å². The Balaban J connectivity index is 1.62. The number of carboxylic acids is 1. The second-order valence-electron chi connectivity index (χ2n) is 8.56. The summed E-state index contributed by atoms with van der Waals surface area (Å²) < 4.78 is 26.5. The Labute approximate surface area is 229 Å². The van der Waals surface area contributed by atoms with Gasteiger partial charge in [-0.1, -0.05) is 35.1 Å². The molecule has 1 aliphatic rings. The molecule has 0 saturated heterocycles. The Kier molecular flexibility index (Phi) is 7.07. The van der Waals surface area contributed by atoms with Crippen molar-refractivity contribution in [3.8, 4) is 11.3 Å². The third-order valence-corrected chi connectivity index (χ3v) is 7.39. The number of carbonyl (C=O) groups excluding carboxylic acids is 1. The molecule has 2 aromatic heterocycles. The zero-order valence-electron chi connectivity index (χ0n) is 20.6. The van der Waals surface area contributed by atoms with Crippen molar-refractivity contribution in [3.63, 3.8) is 0 Å². The third-order valence-electron chi connectivity index (χ3n) is 6.08. The fraction of sp³-hybridized carbons (Fsp3) is 0.143. The van der Waals surface area contributed by atoms with Gasteiger partial charge in [-0.05, 0) is 61.9 Å². The zero-order chi connectivity index (χ0) is 27.8. The fourth-order valence-electron chi connectivity index (χ4n) is 4.30. The van der Waals surface area contributed by atoms with E-state index in [0.29, 0.717) is 38.2 Å². The van der Waals surface area contributed by atoms with Crippen LogP contribution in [0.3, 0.4) is 0 Å². The highest BCUT2D eigenvalue weighted by atomic mass is 35.5. The number of fused-ring (bicyclic) bond motifs is 1. The standard InChI is InChI=1S/C28H20ClFN2O6S/c1-3-37-27(36)23-14(2)31-28-32(24(23)15-4-7-17(30)8-5-15)25(33)22(39-28)13-18-9-11-21(38-18)19-12-16(26(34)35)6-10-20(19)29/h4-13,24H,3H2,1-2H3,(H,34,35)/b22-13-/t24-/m0/s1. The van der Waals surface area contributed by atoms with Gasteiger partial charge >= 0.3 is 11.9 Å². The van der Waals surface area contributed by atoms with Gasteiger partial charge in [0.1, 0.15) is 17.3 Å². The summed E-state index contributed by atoms with van der Waals surface area (Å²) in [5.41, 5.74) is 1.12. The predicted octanol–water partition coefficient (Wildman–Crippen LogP) is 4.55. The Morgan fingerprint density at radius 1 is 1.21 bits per heavy atom. The maximum Gasteiger partial charge on any atom is 0.338 e. The molecule has 39 heavy (non-hydrogen) atoms. The summed E-state index contributed by atoms with van der Waals surface area (Å²) in [4.78, 5) is 42.8. The summed E-state index contributed by atoms with van der Waals surface area (Å²) in [5, 5.41) is 9.61. The second kappa shape index (κ2) is 10.5. The van der Waals surface area contributed by atoms with Crippen molar-refractivity contribution in [3.05, 3.63) is 113 Å². The number of benzene rings is 2. The molecular weight excluding hydrogens is 547 g/mol. The van der Waals surface area contributed by atoms with E-state index in [0.717, 1.165) is 11.3 Å². The van der Waals surface area contributed by atoms with Gasteiger partial charge in [0.05, 0.1) is 39.0 Å². The summed E-state index contributed by atoms with van der Waals surface area (Å²) in [5.74, 6) is -1.52. The lowest BCUT2D eigenvalue weighted by molar-refractivity contribution is -0.139. The summed E-state index contributed by atoms with van der Waals surface area (Å²) >= 11 is 7.37. The molecule has 0 radical (unpaired) electrons. The molecule has 4 aromatic rings. The number of esters is 1. The highest BCUT2D eigenvalue weighted by molar-refractivity contribution is 7.07. The first-order valence-electron chi connectivity index (χ1n) is 11.8. The van der Waals surface area contributed by atoms with Gasteiger partial charge in [0.25, 0.3) is 5.56 Å². The van der Waals surface area contributed by atoms with E-state index in [-0.39, 0.29) is 22.3 Å². The van der Waals surface area contributed by atoms with Gasteiger partial charge in [-0.15, -0.1) is 0 Å². The molecule has 198 valence electrons. The van der Waals surface area contributed by atoms with Crippen LogP contribution in [0.2, 0.25) is 5.02 Å². The maximum atomic E-state index is 13.7. The van der Waals surface area contributed by atoms with Crippen molar-refractivity contribution in [2.75, 3.05) is 6.61 Å². The molecule has 5 rings (SSSR count). The fourth-order valence-corrected chi connectivity index (χ4v) is 5.54.